The Kier molecular flexibility index (Phi) is 6.90. The van der Waals surface area contributed by atoms with Crippen LogP contribution >= 0.6 is 22.9 Å². The van der Waals surface area contributed by atoms with E-state index in [0.29, 0.717) is 34.3 Å². The highest BCUT2D eigenvalue weighted by molar-refractivity contribution is 7.12. The average molecular weight is 429 g/mol. The van der Waals surface area contributed by atoms with Gasteiger partial charge in [0.25, 0.3) is 11.8 Å². The zero-order valence-electron chi connectivity index (χ0n) is 16.1. The van der Waals surface area contributed by atoms with Gasteiger partial charge in [-0.05, 0) is 54.3 Å². The fourth-order valence-corrected chi connectivity index (χ4v) is 3.55. The van der Waals surface area contributed by atoms with Crippen molar-refractivity contribution in [2.24, 2.45) is 0 Å². The minimum atomic E-state index is -0.255. The largest absolute Gasteiger partial charge is 0.494 e. The van der Waals surface area contributed by atoms with Crippen molar-refractivity contribution in [2.45, 2.75) is 13.5 Å². The van der Waals surface area contributed by atoms with Crippen LogP contribution in [-0.4, -0.2) is 30.4 Å². The molecule has 2 amide bonds. The number of amides is 2. The Morgan fingerprint density at radius 3 is 2.55 bits per heavy atom. The second-order valence-corrected chi connectivity index (χ2v) is 7.72. The van der Waals surface area contributed by atoms with Gasteiger partial charge in [-0.1, -0.05) is 29.8 Å². The molecule has 0 spiro atoms. The first-order chi connectivity index (χ1) is 14.0. The molecular weight excluding hydrogens is 408 g/mol. The van der Waals surface area contributed by atoms with Gasteiger partial charge in [0.05, 0.1) is 22.2 Å². The van der Waals surface area contributed by atoms with Crippen LogP contribution in [0.1, 0.15) is 32.5 Å². The maximum atomic E-state index is 12.8. The number of nitrogens with one attached hydrogen (secondary N) is 1. The van der Waals surface area contributed by atoms with E-state index in [-0.39, 0.29) is 11.8 Å². The number of thiophene rings is 1. The number of anilines is 1. The van der Waals surface area contributed by atoms with Crippen LogP contribution in [0.2, 0.25) is 5.02 Å². The number of hydrogen-bond donors (Lipinski definition) is 1. The van der Waals surface area contributed by atoms with Crippen molar-refractivity contribution in [1.82, 2.24) is 4.90 Å². The van der Waals surface area contributed by atoms with Crippen LogP contribution in [0, 0.1) is 0 Å². The molecule has 0 aliphatic carbocycles. The van der Waals surface area contributed by atoms with Crippen molar-refractivity contribution in [3.05, 3.63) is 81.0 Å². The van der Waals surface area contributed by atoms with Crippen LogP contribution < -0.4 is 10.1 Å². The lowest BCUT2D eigenvalue weighted by atomic mass is 10.1. The van der Waals surface area contributed by atoms with Crippen molar-refractivity contribution in [3.63, 3.8) is 0 Å². The lowest BCUT2D eigenvalue weighted by molar-refractivity contribution is 0.0784. The average Bonchev–Trinajstić information content (AvgIpc) is 3.26. The highest BCUT2D eigenvalue weighted by atomic mass is 35.5. The van der Waals surface area contributed by atoms with Crippen LogP contribution in [0.15, 0.2) is 60.0 Å². The summed E-state index contributed by atoms with van der Waals surface area (Å²) in [7, 11) is 1.73. The molecule has 2 aromatic carbocycles. The van der Waals surface area contributed by atoms with E-state index < -0.39 is 0 Å². The molecule has 0 fully saturated rings. The molecule has 1 aromatic heterocycles. The summed E-state index contributed by atoms with van der Waals surface area (Å²) in [5, 5.41) is 4.97. The Labute approximate surface area is 178 Å². The molecule has 150 valence electrons. The molecule has 0 radical (unpaired) electrons. The number of carbonyl (C=O) groups excluding carboxylic acids is 2. The zero-order chi connectivity index (χ0) is 20.8. The van der Waals surface area contributed by atoms with Crippen molar-refractivity contribution < 1.29 is 14.3 Å². The molecule has 0 saturated heterocycles. The SMILES string of the molecule is CCOc1ccc(CN(C)C(=O)c2ccc(Cl)c(NC(=O)c3cccs3)c2)cc1. The topological polar surface area (TPSA) is 58.6 Å². The fourth-order valence-electron chi connectivity index (χ4n) is 2.77. The Balaban J connectivity index is 1.70. The van der Waals surface area contributed by atoms with E-state index in [1.165, 1.54) is 11.3 Å². The van der Waals surface area contributed by atoms with E-state index >= 15 is 0 Å². The molecule has 0 bridgehead atoms. The lowest BCUT2D eigenvalue weighted by Gasteiger charge is -2.18. The Bertz CT molecular complexity index is 988. The first-order valence-corrected chi connectivity index (χ1v) is 10.3. The third kappa shape index (κ3) is 5.37. The summed E-state index contributed by atoms with van der Waals surface area (Å²) in [5.41, 5.74) is 1.85. The Hall–Kier alpha value is -2.83. The molecule has 3 aromatic rings. The van der Waals surface area contributed by atoms with Crippen LogP contribution in [0.4, 0.5) is 5.69 Å². The van der Waals surface area contributed by atoms with E-state index in [4.69, 9.17) is 16.3 Å². The minimum Gasteiger partial charge on any atom is -0.494 e. The predicted octanol–water partition coefficient (Wildman–Crippen LogP) is 5.32. The molecular formula is C22H21ClN2O3S. The standard InChI is InChI=1S/C22H21ClN2O3S/c1-3-28-17-9-6-15(7-10-17)14-25(2)22(27)16-8-11-18(23)19(13-16)24-21(26)20-5-4-12-29-20/h4-13H,3,14H2,1-2H3,(H,24,26). The number of rotatable bonds is 7. The summed E-state index contributed by atoms with van der Waals surface area (Å²) in [6, 6.07) is 16.0. The van der Waals surface area contributed by atoms with Gasteiger partial charge in [-0.25, -0.2) is 0 Å². The first-order valence-electron chi connectivity index (χ1n) is 9.09. The van der Waals surface area contributed by atoms with E-state index in [9.17, 15) is 9.59 Å². The Morgan fingerprint density at radius 1 is 1.14 bits per heavy atom. The number of carbonyl (C=O) groups is 2. The van der Waals surface area contributed by atoms with Crippen LogP contribution in [-0.2, 0) is 6.54 Å². The van der Waals surface area contributed by atoms with Crippen LogP contribution in [0.5, 0.6) is 5.75 Å². The second kappa shape index (κ2) is 9.58. The zero-order valence-corrected chi connectivity index (χ0v) is 17.7. The van der Waals surface area contributed by atoms with Gasteiger partial charge in [0, 0.05) is 19.2 Å². The number of benzene rings is 2. The van der Waals surface area contributed by atoms with Gasteiger partial charge in [-0.15, -0.1) is 11.3 Å². The molecule has 0 saturated carbocycles. The smallest absolute Gasteiger partial charge is 0.265 e. The summed E-state index contributed by atoms with van der Waals surface area (Å²) >= 11 is 7.55. The van der Waals surface area contributed by atoms with Gasteiger partial charge in [0.2, 0.25) is 0 Å². The van der Waals surface area contributed by atoms with Crippen molar-refractivity contribution in [3.8, 4) is 5.75 Å². The van der Waals surface area contributed by atoms with E-state index in [1.54, 1.807) is 42.3 Å². The minimum absolute atomic E-state index is 0.165. The maximum Gasteiger partial charge on any atom is 0.265 e. The molecule has 0 aliphatic rings. The molecule has 7 heteroatoms. The van der Waals surface area contributed by atoms with Crippen LogP contribution in [0.3, 0.4) is 0 Å². The summed E-state index contributed by atoms with van der Waals surface area (Å²) in [5.74, 6) is 0.380. The van der Waals surface area contributed by atoms with Crippen LogP contribution in [0.25, 0.3) is 0 Å². The van der Waals surface area contributed by atoms with Crippen molar-refractivity contribution in [2.75, 3.05) is 19.0 Å². The normalized spacial score (nSPS) is 10.4. The molecule has 29 heavy (non-hydrogen) atoms. The fraction of sp³-hybridized carbons (Fsp3) is 0.182. The molecule has 1 N–H and O–H groups in total. The highest BCUT2D eigenvalue weighted by Gasteiger charge is 2.16. The van der Waals surface area contributed by atoms with Crippen molar-refractivity contribution >= 4 is 40.4 Å². The van der Waals surface area contributed by atoms with Gasteiger partial charge in [0.15, 0.2) is 0 Å². The van der Waals surface area contributed by atoms with Gasteiger partial charge >= 0.3 is 0 Å². The quantitative estimate of drug-likeness (QED) is 0.553. The van der Waals surface area contributed by atoms with E-state index in [2.05, 4.69) is 5.32 Å². The van der Waals surface area contributed by atoms with Gasteiger partial charge < -0.3 is 15.0 Å². The van der Waals surface area contributed by atoms with Crippen molar-refractivity contribution in [1.29, 1.82) is 0 Å². The highest BCUT2D eigenvalue weighted by Crippen LogP contribution is 2.25. The molecule has 5 nitrogen and oxygen atoms in total. The third-order valence-electron chi connectivity index (χ3n) is 4.21. The molecule has 0 atom stereocenters. The third-order valence-corrected chi connectivity index (χ3v) is 5.41. The number of nitrogens with zero attached hydrogens (tertiary/aromatic N) is 1. The predicted molar refractivity (Wildman–Crippen MR) is 117 cm³/mol. The summed E-state index contributed by atoms with van der Waals surface area (Å²) in [4.78, 5) is 27.3. The summed E-state index contributed by atoms with van der Waals surface area (Å²) < 4.78 is 5.44. The number of halogens is 1. The summed E-state index contributed by atoms with van der Waals surface area (Å²) in [6.07, 6.45) is 0. The van der Waals surface area contributed by atoms with Gasteiger partial charge in [0.1, 0.15) is 5.75 Å². The maximum absolute atomic E-state index is 12.8. The Morgan fingerprint density at radius 2 is 1.90 bits per heavy atom. The van der Waals surface area contributed by atoms with Gasteiger partial charge in [-0.3, -0.25) is 9.59 Å². The summed E-state index contributed by atoms with van der Waals surface area (Å²) in [6.45, 7) is 2.99. The van der Waals surface area contributed by atoms with E-state index in [0.717, 1.165) is 11.3 Å². The van der Waals surface area contributed by atoms with E-state index in [1.807, 2.05) is 36.6 Å². The molecule has 1 heterocycles. The molecule has 3 rings (SSSR count). The first kappa shape index (κ1) is 20.9. The monoisotopic (exact) mass is 428 g/mol. The molecule has 0 aliphatic heterocycles. The number of hydrogen-bond acceptors (Lipinski definition) is 4. The lowest BCUT2D eigenvalue weighted by Crippen LogP contribution is -2.26. The molecule has 0 unspecified atom stereocenters. The number of ether oxygens (including phenoxy) is 1. The van der Waals surface area contributed by atoms with Gasteiger partial charge in [-0.2, -0.15) is 0 Å². The second-order valence-electron chi connectivity index (χ2n) is 6.36.